The predicted molar refractivity (Wildman–Crippen MR) is 79.4 cm³/mol. The molecule has 0 bridgehead atoms. The number of methoxy groups -OCH3 is 1. The van der Waals surface area contributed by atoms with Crippen LogP contribution in [0, 0.1) is 6.92 Å². The van der Waals surface area contributed by atoms with Crippen LogP contribution in [-0.4, -0.2) is 46.5 Å². The molecule has 0 aliphatic carbocycles. The lowest BCUT2D eigenvalue weighted by Gasteiger charge is -2.38. The Kier molecular flexibility index (Phi) is 5.14. The van der Waals surface area contributed by atoms with Crippen molar-refractivity contribution in [2.75, 3.05) is 7.11 Å². The van der Waals surface area contributed by atoms with E-state index in [0.717, 1.165) is 0 Å². The van der Waals surface area contributed by atoms with Crippen molar-refractivity contribution in [1.29, 1.82) is 0 Å². The summed E-state index contributed by atoms with van der Waals surface area (Å²) in [6.07, 6.45) is 1.37. The molecular formula is C14H22BNO5. The van der Waals surface area contributed by atoms with Crippen molar-refractivity contribution < 1.29 is 24.3 Å². The highest BCUT2D eigenvalue weighted by molar-refractivity contribution is 6.60. The van der Waals surface area contributed by atoms with E-state index in [0.29, 0.717) is 11.0 Å². The molecule has 1 heterocycles. The molecule has 0 atom stereocenters. The lowest BCUT2D eigenvalue weighted by Crippen LogP contribution is -2.53. The molecule has 0 aliphatic heterocycles. The SMILES string of the molecule is COC(=O)c1cc(C)c(B(O)OC(C)(C)C(C)(C)O)cn1. The highest BCUT2D eigenvalue weighted by Gasteiger charge is 2.40. The number of ether oxygens (including phenoxy) is 1. The summed E-state index contributed by atoms with van der Waals surface area (Å²) in [5.74, 6) is -0.545. The van der Waals surface area contributed by atoms with Gasteiger partial charge in [-0.25, -0.2) is 9.78 Å². The molecule has 1 aromatic rings. The minimum atomic E-state index is -1.26. The maximum atomic E-state index is 11.4. The van der Waals surface area contributed by atoms with Gasteiger partial charge in [-0.2, -0.15) is 0 Å². The Morgan fingerprint density at radius 2 is 1.90 bits per heavy atom. The minimum Gasteiger partial charge on any atom is -0.464 e. The third-order valence-electron chi connectivity index (χ3n) is 3.69. The summed E-state index contributed by atoms with van der Waals surface area (Å²) in [5.41, 5.74) is -0.877. The topological polar surface area (TPSA) is 88.9 Å². The van der Waals surface area contributed by atoms with E-state index in [9.17, 15) is 14.9 Å². The third-order valence-corrected chi connectivity index (χ3v) is 3.69. The molecule has 21 heavy (non-hydrogen) atoms. The Morgan fingerprint density at radius 3 is 2.33 bits per heavy atom. The fraction of sp³-hybridized carbons (Fsp3) is 0.571. The highest BCUT2D eigenvalue weighted by atomic mass is 16.5. The van der Waals surface area contributed by atoms with Crippen LogP contribution < -0.4 is 5.46 Å². The second kappa shape index (κ2) is 6.13. The monoisotopic (exact) mass is 295 g/mol. The highest BCUT2D eigenvalue weighted by Crippen LogP contribution is 2.25. The van der Waals surface area contributed by atoms with E-state index in [-0.39, 0.29) is 5.69 Å². The number of carbonyl (C=O) groups excluding carboxylic acids is 1. The van der Waals surface area contributed by atoms with Gasteiger partial charge in [-0.1, -0.05) is 0 Å². The molecule has 2 N–H and O–H groups in total. The normalized spacial score (nSPS) is 12.2. The van der Waals surface area contributed by atoms with Crippen molar-refractivity contribution in [3.63, 3.8) is 0 Å². The van der Waals surface area contributed by atoms with Crippen LogP contribution >= 0.6 is 0 Å². The van der Waals surface area contributed by atoms with Gasteiger partial charge in [0, 0.05) is 11.7 Å². The van der Waals surface area contributed by atoms with Crippen molar-refractivity contribution in [3.8, 4) is 0 Å². The van der Waals surface area contributed by atoms with Gasteiger partial charge in [0.2, 0.25) is 0 Å². The summed E-state index contributed by atoms with van der Waals surface area (Å²) >= 11 is 0. The van der Waals surface area contributed by atoms with Crippen LogP contribution in [0.3, 0.4) is 0 Å². The van der Waals surface area contributed by atoms with E-state index in [1.807, 2.05) is 0 Å². The number of aromatic nitrogens is 1. The molecule has 1 aromatic heterocycles. The third kappa shape index (κ3) is 4.03. The minimum absolute atomic E-state index is 0.160. The van der Waals surface area contributed by atoms with Crippen molar-refractivity contribution >= 4 is 18.6 Å². The first kappa shape index (κ1) is 17.6. The number of esters is 1. The fourth-order valence-electron chi connectivity index (χ4n) is 1.53. The molecular weight excluding hydrogens is 273 g/mol. The van der Waals surface area contributed by atoms with E-state index in [4.69, 9.17) is 4.65 Å². The Morgan fingerprint density at radius 1 is 1.33 bits per heavy atom. The number of aryl methyl sites for hydroxylation is 1. The zero-order valence-corrected chi connectivity index (χ0v) is 13.3. The first-order chi connectivity index (χ1) is 9.49. The van der Waals surface area contributed by atoms with Gasteiger partial charge in [-0.15, -0.1) is 0 Å². The molecule has 0 aliphatic rings. The second-order valence-corrected chi connectivity index (χ2v) is 5.96. The summed E-state index contributed by atoms with van der Waals surface area (Å²) in [5, 5.41) is 20.2. The van der Waals surface area contributed by atoms with Crippen LogP contribution in [0.5, 0.6) is 0 Å². The fourth-order valence-corrected chi connectivity index (χ4v) is 1.53. The van der Waals surface area contributed by atoms with Crippen LogP contribution in [-0.2, 0) is 9.39 Å². The number of rotatable bonds is 5. The molecule has 0 saturated heterocycles. The van der Waals surface area contributed by atoms with Gasteiger partial charge in [0.05, 0.1) is 18.3 Å². The standard InChI is InChI=1S/C14H22BNO5/c1-9-7-11(12(17)20-6)16-8-10(9)15(19)21-14(4,5)13(2,3)18/h7-8,18-19H,1-6H3. The molecule has 0 saturated carbocycles. The van der Waals surface area contributed by atoms with Crippen LogP contribution in [0.1, 0.15) is 43.7 Å². The van der Waals surface area contributed by atoms with Crippen LogP contribution in [0.2, 0.25) is 0 Å². The lowest BCUT2D eigenvalue weighted by molar-refractivity contribution is -0.0982. The Hall–Kier alpha value is -1.44. The van der Waals surface area contributed by atoms with Crippen LogP contribution in [0.25, 0.3) is 0 Å². The van der Waals surface area contributed by atoms with Gasteiger partial charge in [0.25, 0.3) is 0 Å². The van der Waals surface area contributed by atoms with Crippen molar-refractivity contribution in [3.05, 3.63) is 23.5 Å². The molecule has 116 valence electrons. The zero-order chi connectivity index (χ0) is 16.4. The van der Waals surface area contributed by atoms with E-state index in [1.54, 1.807) is 34.6 Å². The Bertz CT molecular complexity index is 525. The molecule has 0 fully saturated rings. The maximum absolute atomic E-state index is 11.4. The Labute approximate surface area is 125 Å². The number of pyridine rings is 1. The second-order valence-electron chi connectivity index (χ2n) is 5.96. The smallest absolute Gasteiger partial charge is 0.464 e. The van der Waals surface area contributed by atoms with Crippen LogP contribution in [0.15, 0.2) is 12.3 Å². The van der Waals surface area contributed by atoms with E-state index in [2.05, 4.69) is 9.72 Å². The maximum Gasteiger partial charge on any atom is 0.493 e. The van der Waals surface area contributed by atoms with Crippen LogP contribution in [0.4, 0.5) is 0 Å². The molecule has 7 heteroatoms. The van der Waals surface area contributed by atoms with Gasteiger partial charge >= 0.3 is 13.1 Å². The predicted octanol–water partition coefficient (Wildman–Crippen LogP) is 0.430. The summed E-state index contributed by atoms with van der Waals surface area (Å²) in [6.45, 7) is 8.30. The van der Waals surface area contributed by atoms with Gasteiger partial charge in [0.1, 0.15) is 5.69 Å². The molecule has 0 aromatic carbocycles. The number of hydrogen-bond acceptors (Lipinski definition) is 6. The van der Waals surface area contributed by atoms with Crippen molar-refractivity contribution in [2.24, 2.45) is 0 Å². The number of carbonyl (C=O) groups is 1. The summed E-state index contributed by atoms with van der Waals surface area (Å²) in [4.78, 5) is 15.3. The number of nitrogens with zero attached hydrogens (tertiary/aromatic N) is 1. The van der Waals surface area contributed by atoms with Crippen molar-refractivity contribution in [1.82, 2.24) is 4.98 Å². The first-order valence-electron chi connectivity index (χ1n) is 6.62. The van der Waals surface area contributed by atoms with E-state index >= 15 is 0 Å². The molecule has 0 unspecified atom stereocenters. The summed E-state index contributed by atoms with van der Waals surface area (Å²) in [7, 11) is 0.0162. The quantitative estimate of drug-likeness (QED) is 0.605. The van der Waals surface area contributed by atoms with E-state index in [1.165, 1.54) is 19.4 Å². The average Bonchev–Trinajstić information content (AvgIpc) is 2.35. The molecule has 0 amide bonds. The summed E-state index contributed by atoms with van der Waals surface area (Å²) in [6, 6.07) is 1.52. The number of aliphatic hydroxyl groups is 1. The number of hydrogen-bond donors (Lipinski definition) is 2. The van der Waals surface area contributed by atoms with Gasteiger partial charge in [0.15, 0.2) is 0 Å². The Balaban J connectivity index is 2.99. The van der Waals surface area contributed by atoms with Gasteiger partial charge in [-0.3, -0.25) is 0 Å². The van der Waals surface area contributed by atoms with Gasteiger partial charge < -0.3 is 19.5 Å². The molecule has 0 spiro atoms. The lowest BCUT2D eigenvalue weighted by atomic mass is 9.75. The molecule has 6 nitrogen and oxygen atoms in total. The summed E-state index contributed by atoms with van der Waals surface area (Å²) < 4.78 is 10.1. The average molecular weight is 295 g/mol. The largest absolute Gasteiger partial charge is 0.493 e. The molecule has 0 radical (unpaired) electrons. The first-order valence-corrected chi connectivity index (χ1v) is 6.62. The van der Waals surface area contributed by atoms with E-state index < -0.39 is 24.3 Å². The van der Waals surface area contributed by atoms with Gasteiger partial charge in [-0.05, 0) is 46.2 Å². The zero-order valence-electron chi connectivity index (χ0n) is 13.3. The van der Waals surface area contributed by atoms with Crippen molar-refractivity contribution in [2.45, 2.75) is 45.8 Å². The molecule has 1 rings (SSSR count).